The van der Waals surface area contributed by atoms with E-state index in [0.29, 0.717) is 5.56 Å². The predicted octanol–water partition coefficient (Wildman–Crippen LogP) is 3.07. The lowest BCUT2D eigenvalue weighted by Crippen LogP contribution is -1.94. The van der Waals surface area contributed by atoms with Crippen LogP contribution in [-0.4, -0.2) is 14.8 Å². The van der Waals surface area contributed by atoms with E-state index in [2.05, 4.69) is 4.98 Å². The third kappa shape index (κ3) is 3.02. The minimum atomic E-state index is -0.663. The van der Waals surface area contributed by atoms with E-state index in [1.807, 2.05) is 0 Å². The summed E-state index contributed by atoms with van der Waals surface area (Å²) in [6.45, 7) is 0. The molecule has 100 valence electrons. The Morgan fingerprint density at radius 3 is 2.25 bits per heavy atom. The van der Waals surface area contributed by atoms with E-state index in [4.69, 9.17) is 0 Å². The Labute approximate surface area is 113 Å². The van der Waals surface area contributed by atoms with E-state index in [0.717, 1.165) is 11.6 Å². The zero-order chi connectivity index (χ0) is 14.5. The van der Waals surface area contributed by atoms with Crippen molar-refractivity contribution in [1.82, 2.24) is 4.98 Å². The van der Waals surface area contributed by atoms with Crippen molar-refractivity contribution in [3.05, 3.63) is 74.1 Å². The highest BCUT2D eigenvalue weighted by Gasteiger charge is 2.17. The normalized spacial score (nSPS) is 10.6. The summed E-state index contributed by atoms with van der Waals surface area (Å²) < 4.78 is 0. The maximum atomic E-state index is 10.9. The third-order valence-corrected chi connectivity index (χ3v) is 2.58. The van der Waals surface area contributed by atoms with Gasteiger partial charge < -0.3 is 0 Å². The molecule has 0 saturated heterocycles. The van der Waals surface area contributed by atoms with Gasteiger partial charge in [0.1, 0.15) is 0 Å². The summed E-state index contributed by atoms with van der Waals surface area (Å²) in [5.41, 5.74) is 0.521. The number of hydrogen-bond acceptors (Lipinski definition) is 5. The number of nitro groups is 2. The van der Waals surface area contributed by atoms with E-state index in [9.17, 15) is 20.2 Å². The van der Waals surface area contributed by atoms with Gasteiger partial charge >= 0.3 is 0 Å². The molecule has 20 heavy (non-hydrogen) atoms. The van der Waals surface area contributed by atoms with Crippen LogP contribution in [0.3, 0.4) is 0 Å². The standard InChI is InChI=1S/C13H9N3O4/c17-15(18)12-4-3-11(13(9-12)16(19)20)2-1-10-5-7-14-8-6-10/h1-9H. The van der Waals surface area contributed by atoms with Crippen molar-refractivity contribution in [3.8, 4) is 0 Å². The molecule has 0 aliphatic carbocycles. The van der Waals surface area contributed by atoms with Gasteiger partial charge in [-0.3, -0.25) is 25.2 Å². The highest BCUT2D eigenvalue weighted by Crippen LogP contribution is 2.26. The fourth-order valence-corrected chi connectivity index (χ4v) is 1.61. The van der Waals surface area contributed by atoms with Gasteiger partial charge in [-0.15, -0.1) is 0 Å². The summed E-state index contributed by atoms with van der Waals surface area (Å²) in [4.78, 5) is 24.1. The van der Waals surface area contributed by atoms with E-state index in [-0.39, 0.29) is 11.4 Å². The average molecular weight is 271 g/mol. The molecule has 2 rings (SSSR count). The molecule has 7 nitrogen and oxygen atoms in total. The predicted molar refractivity (Wildman–Crippen MR) is 72.9 cm³/mol. The highest BCUT2D eigenvalue weighted by atomic mass is 16.6. The molecular formula is C13H9N3O4. The van der Waals surface area contributed by atoms with Gasteiger partial charge in [0.25, 0.3) is 11.4 Å². The lowest BCUT2D eigenvalue weighted by Gasteiger charge is -1.98. The van der Waals surface area contributed by atoms with E-state index < -0.39 is 9.85 Å². The van der Waals surface area contributed by atoms with E-state index >= 15 is 0 Å². The molecule has 0 spiro atoms. The summed E-state index contributed by atoms with van der Waals surface area (Å²) in [5, 5.41) is 21.6. The first-order chi connectivity index (χ1) is 9.58. The molecule has 0 amide bonds. The molecule has 1 aromatic heterocycles. The maximum Gasteiger partial charge on any atom is 0.283 e. The molecule has 0 saturated carbocycles. The van der Waals surface area contributed by atoms with Gasteiger partial charge in [0, 0.05) is 18.5 Å². The second kappa shape index (κ2) is 5.70. The Kier molecular flexibility index (Phi) is 3.80. The summed E-state index contributed by atoms with van der Waals surface area (Å²) >= 11 is 0. The SMILES string of the molecule is O=[N+]([O-])c1ccc(C=Cc2ccncc2)c([N+](=O)[O-])c1. The lowest BCUT2D eigenvalue weighted by molar-refractivity contribution is -0.394. The van der Waals surface area contributed by atoms with Crippen LogP contribution in [0.4, 0.5) is 11.4 Å². The molecule has 0 bridgehead atoms. The highest BCUT2D eigenvalue weighted by molar-refractivity contribution is 5.74. The number of pyridine rings is 1. The molecule has 0 atom stereocenters. The molecule has 0 radical (unpaired) electrons. The molecule has 0 unspecified atom stereocenters. The van der Waals surface area contributed by atoms with Crippen molar-refractivity contribution in [1.29, 1.82) is 0 Å². The van der Waals surface area contributed by atoms with Gasteiger partial charge in [-0.1, -0.05) is 6.08 Å². The first-order valence-corrected chi connectivity index (χ1v) is 5.59. The number of nitrogens with zero attached hydrogens (tertiary/aromatic N) is 3. The first-order valence-electron chi connectivity index (χ1n) is 5.59. The summed E-state index contributed by atoms with van der Waals surface area (Å²) in [5.74, 6) is 0. The average Bonchev–Trinajstić information content (AvgIpc) is 2.45. The molecule has 1 aromatic carbocycles. The van der Waals surface area contributed by atoms with Crippen LogP contribution in [-0.2, 0) is 0 Å². The topological polar surface area (TPSA) is 99.2 Å². The summed E-state index contributed by atoms with van der Waals surface area (Å²) in [6, 6.07) is 7.03. The molecule has 0 aliphatic heterocycles. The van der Waals surface area contributed by atoms with Crippen molar-refractivity contribution in [3.63, 3.8) is 0 Å². The minimum absolute atomic E-state index is 0.301. The zero-order valence-corrected chi connectivity index (χ0v) is 10.2. The van der Waals surface area contributed by atoms with Crippen LogP contribution in [0.5, 0.6) is 0 Å². The lowest BCUT2D eigenvalue weighted by atomic mass is 10.1. The second-order valence-electron chi connectivity index (χ2n) is 3.87. The Morgan fingerprint density at radius 2 is 1.65 bits per heavy atom. The van der Waals surface area contributed by atoms with E-state index in [1.54, 1.807) is 30.6 Å². The maximum absolute atomic E-state index is 10.9. The fraction of sp³-hybridized carbons (Fsp3) is 0. The Balaban J connectivity index is 2.39. The van der Waals surface area contributed by atoms with Crippen LogP contribution in [0.2, 0.25) is 0 Å². The van der Waals surface area contributed by atoms with Gasteiger partial charge in [0.05, 0.1) is 21.5 Å². The first kappa shape index (κ1) is 13.3. The smallest absolute Gasteiger partial charge is 0.265 e. The van der Waals surface area contributed by atoms with Crippen molar-refractivity contribution < 1.29 is 9.85 Å². The molecule has 7 heteroatoms. The van der Waals surface area contributed by atoms with Crippen molar-refractivity contribution in [2.45, 2.75) is 0 Å². The van der Waals surface area contributed by atoms with Gasteiger partial charge in [0.15, 0.2) is 0 Å². The van der Waals surface area contributed by atoms with E-state index in [1.165, 1.54) is 18.2 Å². The number of non-ortho nitro benzene ring substituents is 1. The summed E-state index contributed by atoms with van der Waals surface area (Å²) in [7, 11) is 0. The number of rotatable bonds is 4. The van der Waals surface area contributed by atoms with Crippen LogP contribution in [0.25, 0.3) is 12.2 Å². The number of nitro benzene ring substituents is 2. The third-order valence-electron chi connectivity index (χ3n) is 2.58. The second-order valence-corrected chi connectivity index (χ2v) is 3.87. The Bertz CT molecular complexity index is 683. The van der Waals surface area contributed by atoms with Crippen LogP contribution in [0.15, 0.2) is 42.7 Å². The van der Waals surface area contributed by atoms with Gasteiger partial charge in [-0.2, -0.15) is 0 Å². The number of benzene rings is 1. The number of aromatic nitrogens is 1. The molecule has 1 heterocycles. The zero-order valence-electron chi connectivity index (χ0n) is 10.2. The van der Waals surface area contributed by atoms with Crippen LogP contribution in [0, 0.1) is 20.2 Å². The quantitative estimate of drug-likeness (QED) is 0.628. The van der Waals surface area contributed by atoms with Crippen molar-refractivity contribution in [2.24, 2.45) is 0 Å². The largest absolute Gasteiger partial charge is 0.283 e. The molecule has 0 aliphatic rings. The summed E-state index contributed by atoms with van der Waals surface area (Å²) in [6.07, 6.45) is 6.42. The van der Waals surface area contributed by atoms with Crippen LogP contribution >= 0.6 is 0 Å². The van der Waals surface area contributed by atoms with Crippen molar-refractivity contribution >= 4 is 23.5 Å². The molecule has 0 N–H and O–H groups in total. The molecule has 2 aromatic rings. The van der Waals surface area contributed by atoms with Crippen LogP contribution in [0.1, 0.15) is 11.1 Å². The van der Waals surface area contributed by atoms with Gasteiger partial charge in [-0.05, 0) is 29.8 Å². The van der Waals surface area contributed by atoms with Crippen LogP contribution < -0.4 is 0 Å². The molecular weight excluding hydrogens is 262 g/mol. The minimum Gasteiger partial charge on any atom is -0.265 e. The monoisotopic (exact) mass is 271 g/mol. The fourth-order valence-electron chi connectivity index (χ4n) is 1.61. The Hall–Kier alpha value is -3.09. The number of hydrogen-bond donors (Lipinski definition) is 0. The van der Waals surface area contributed by atoms with Gasteiger partial charge in [0.2, 0.25) is 0 Å². The van der Waals surface area contributed by atoms with Gasteiger partial charge in [-0.25, -0.2) is 0 Å². The Morgan fingerprint density at radius 1 is 0.950 bits per heavy atom. The van der Waals surface area contributed by atoms with Crippen molar-refractivity contribution in [2.75, 3.05) is 0 Å². The molecule has 0 fully saturated rings.